The zero-order chi connectivity index (χ0) is 20.2. The first-order chi connectivity index (χ1) is 12.0. The lowest BCUT2D eigenvalue weighted by Gasteiger charge is -2.30. The second-order valence-electron chi connectivity index (χ2n) is 7.45. The molecule has 0 bridgehead atoms. The van der Waals surface area contributed by atoms with Crippen molar-refractivity contribution in [3.8, 4) is 0 Å². The van der Waals surface area contributed by atoms with Crippen molar-refractivity contribution in [3.05, 3.63) is 0 Å². The highest BCUT2D eigenvalue weighted by atomic mass is 16.6. The van der Waals surface area contributed by atoms with Gasteiger partial charge in [-0.05, 0) is 26.7 Å². The van der Waals surface area contributed by atoms with E-state index in [9.17, 15) is 24.6 Å². The Morgan fingerprint density at radius 3 is 2.15 bits per heavy atom. The summed E-state index contributed by atoms with van der Waals surface area (Å²) >= 11 is 0. The maximum atomic E-state index is 12.6. The lowest BCUT2D eigenvalue weighted by atomic mass is 9.79. The van der Waals surface area contributed by atoms with Crippen LogP contribution in [0.4, 0.5) is 4.79 Å². The van der Waals surface area contributed by atoms with Gasteiger partial charge in [-0.1, -0.05) is 6.92 Å². The summed E-state index contributed by atoms with van der Waals surface area (Å²) in [6.07, 6.45) is -2.55. The van der Waals surface area contributed by atoms with Gasteiger partial charge in [-0.3, -0.25) is 9.69 Å². The molecule has 26 heavy (non-hydrogen) atoms. The lowest BCUT2D eigenvalue weighted by Crippen LogP contribution is -2.49. The van der Waals surface area contributed by atoms with Crippen LogP contribution >= 0.6 is 0 Å². The van der Waals surface area contributed by atoms with Crippen LogP contribution in [0.5, 0.6) is 0 Å². The maximum absolute atomic E-state index is 12.6. The average Bonchev–Trinajstić information content (AvgIpc) is 2.83. The van der Waals surface area contributed by atoms with Gasteiger partial charge in [0.05, 0.1) is 20.6 Å². The van der Waals surface area contributed by atoms with E-state index in [1.54, 1.807) is 27.7 Å². The molecule has 150 valence electrons. The number of ether oxygens (including phenoxy) is 3. The summed E-state index contributed by atoms with van der Waals surface area (Å²) in [5.74, 6) is -3.40. The molecule has 1 rings (SSSR count). The fourth-order valence-electron chi connectivity index (χ4n) is 3.29. The van der Waals surface area contributed by atoms with Gasteiger partial charge in [0.1, 0.15) is 17.9 Å². The molecule has 9 nitrogen and oxygen atoms in total. The van der Waals surface area contributed by atoms with Gasteiger partial charge >= 0.3 is 18.0 Å². The van der Waals surface area contributed by atoms with E-state index in [-0.39, 0.29) is 13.0 Å². The number of amides is 1. The zero-order valence-corrected chi connectivity index (χ0v) is 16.1. The summed E-state index contributed by atoms with van der Waals surface area (Å²) in [4.78, 5) is 37.7. The molecule has 5 atom stereocenters. The monoisotopic (exact) mass is 375 g/mol. The number of hydrogen-bond donors (Lipinski definition) is 2. The quantitative estimate of drug-likeness (QED) is 0.527. The zero-order valence-electron chi connectivity index (χ0n) is 16.1. The number of esters is 2. The van der Waals surface area contributed by atoms with Gasteiger partial charge in [0.25, 0.3) is 0 Å². The van der Waals surface area contributed by atoms with Crippen molar-refractivity contribution >= 4 is 18.0 Å². The Morgan fingerprint density at radius 1 is 1.15 bits per heavy atom. The summed E-state index contributed by atoms with van der Waals surface area (Å²) in [5.41, 5.74) is -0.851. The van der Waals surface area contributed by atoms with Crippen molar-refractivity contribution in [2.45, 2.75) is 52.0 Å². The van der Waals surface area contributed by atoms with E-state index in [0.717, 1.165) is 12.0 Å². The predicted octanol–water partition coefficient (Wildman–Crippen LogP) is 0.521. The summed E-state index contributed by atoms with van der Waals surface area (Å²) in [6.45, 7) is 6.32. The molecule has 1 amide bonds. The Kier molecular flexibility index (Phi) is 7.40. The fourth-order valence-corrected chi connectivity index (χ4v) is 3.29. The van der Waals surface area contributed by atoms with Crippen LogP contribution in [0.2, 0.25) is 0 Å². The van der Waals surface area contributed by atoms with Crippen molar-refractivity contribution in [1.29, 1.82) is 0 Å². The van der Waals surface area contributed by atoms with Crippen molar-refractivity contribution in [2.24, 2.45) is 17.8 Å². The number of hydrogen-bond acceptors (Lipinski definition) is 8. The van der Waals surface area contributed by atoms with Crippen LogP contribution in [-0.4, -0.2) is 71.8 Å². The van der Waals surface area contributed by atoms with E-state index >= 15 is 0 Å². The number of likely N-dealkylation sites (tertiary alicyclic amines) is 1. The smallest absolute Gasteiger partial charge is 0.413 e. The van der Waals surface area contributed by atoms with E-state index in [2.05, 4.69) is 4.74 Å². The number of rotatable bonds is 5. The third kappa shape index (κ3) is 4.85. The number of carbonyl (C=O) groups excluding carboxylic acids is 3. The number of methoxy groups -OCH3 is 2. The summed E-state index contributed by atoms with van der Waals surface area (Å²) in [5, 5.41) is 20.3. The molecule has 9 heteroatoms. The Bertz CT molecular complexity index is 529. The lowest BCUT2D eigenvalue weighted by molar-refractivity contribution is -0.150. The number of nitrogens with zero attached hydrogens (tertiary/aromatic N) is 1. The summed E-state index contributed by atoms with van der Waals surface area (Å²) in [6, 6.07) is -1.23. The predicted molar refractivity (Wildman–Crippen MR) is 89.7 cm³/mol. The van der Waals surface area contributed by atoms with Crippen LogP contribution in [0.1, 0.15) is 34.1 Å². The molecule has 2 unspecified atom stereocenters. The van der Waals surface area contributed by atoms with E-state index in [0.29, 0.717) is 0 Å². The second-order valence-corrected chi connectivity index (χ2v) is 7.45. The molecule has 1 fully saturated rings. The number of aliphatic hydroxyl groups is 2. The maximum Gasteiger partial charge on any atom is 0.413 e. The molecule has 0 aromatic heterocycles. The third-order valence-electron chi connectivity index (χ3n) is 4.45. The minimum Gasteiger partial charge on any atom is -0.469 e. The van der Waals surface area contributed by atoms with Gasteiger partial charge in [-0.15, -0.1) is 0 Å². The summed E-state index contributed by atoms with van der Waals surface area (Å²) < 4.78 is 14.8. The van der Waals surface area contributed by atoms with Crippen molar-refractivity contribution in [1.82, 2.24) is 4.90 Å². The SMILES string of the molecule is COC(=O)C[C@H]1[C@@H](C(C)CO)C(O)N(C(=O)OC(C)(C)C)[C@@H]1C(=O)OC. The average molecular weight is 375 g/mol. The van der Waals surface area contributed by atoms with Gasteiger partial charge in [0.2, 0.25) is 0 Å². The largest absolute Gasteiger partial charge is 0.469 e. The highest BCUT2D eigenvalue weighted by molar-refractivity contribution is 5.84. The van der Waals surface area contributed by atoms with Crippen molar-refractivity contribution < 1.29 is 38.8 Å². The van der Waals surface area contributed by atoms with Gasteiger partial charge < -0.3 is 24.4 Å². The molecule has 0 aliphatic carbocycles. The van der Waals surface area contributed by atoms with Gasteiger partial charge in [-0.25, -0.2) is 9.59 Å². The molecular formula is C17H29NO8. The van der Waals surface area contributed by atoms with Gasteiger partial charge in [0.15, 0.2) is 0 Å². The molecular weight excluding hydrogens is 346 g/mol. The molecule has 0 spiro atoms. The van der Waals surface area contributed by atoms with Crippen molar-refractivity contribution in [2.75, 3.05) is 20.8 Å². The normalized spacial score (nSPS) is 27.0. The van der Waals surface area contributed by atoms with Gasteiger partial charge in [0, 0.05) is 18.4 Å². The Balaban J connectivity index is 3.35. The number of carbonyl (C=O) groups is 3. The first-order valence-electron chi connectivity index (χ1n) is 8.43. The first-order valence-corrected chi connectivity index (χ1v) is 8.43. The van der Waals surface area contributed by atoms with Crippen LogP contribution in [0.3, 0.4) is 0 Å². The highest BCUT2D eigenvalue weighted by Crippen LogP contribution is 2.42. The molecule has 0 aromatic rings. The molecule has 0 radical (unpaired) electrons. The van der Waals surface area contributed by atoms with Crippen LogP contribution < -0.4 is 0 Å². The molecule has 1 heterocycles. The number of aliphatic hydroxyl groups excluding tert-OH is 2. The molecule has 1 aliphatic heterocycles. The Hall–Kier alpha value is -1.87. The van der Waals surface area contributed by atoms with Crippen molar-refractivity contribution in [3.63, 3.8) is 0 Å². The topological polar surface area (TPSA) is 123 Å². The molecule has 1 saturated heterocycles. The molecule has 0 aromatic carbocycles. The fraction of sp³-hybridized carbons (Fsp3) is 0.824. The second kappa shape index (κ2) is 8.68. The van der Waals surface area contributed by atoms with Gasteiger partial charge in [-0.2, -0.15) is 0 Å². The standard InChI is InChI=1S/C17H29NO8/c1-9(8-19)12-10(7-11(20)24-5)13(15(22)25-6)18(14(12)21)16(23)26-17(2,3)4/h9-10,12-14,19,21H,7-8H2,1-6H3/t9?,10-,12+,13-,14?/m0/s1. The highest BCUT2D eigenvalue weighted by Gasteiger charge is 2.57. The molecule has 2 N–H and O–H groups in total. The third-order valence-corrected chi connectivity index (χ3v) is 4.45. The first kappa shape index (κ1) is 22.2. The van der Waals surface area contributed by atoms with Crippen LogP contribution in [0.15, 0.2) is 0 Å². The van der Waals surface area contributed by atoms with E-state index in [1.165, 1.54) is 7.11 Å². The minimum atomic E-state index is -1.43. The van der Waals surface area contributed by atoms with E-state index in [4.69, 9.17) is 9.47 Å². The molecule has 1 aliphatic rings. The molecule has 0 saturated carbocycles. The van der Waals surface area contributed by atoms with E-state index in [1.807, 2.05) is 0 Å². The van der Waals surface area contributed by atoms with Crippen LogP contribution in [-0.2, 0) is 23.8 Å². The summed E-state index contributed by atoms with van der Waals surface area (Å²) in [7, 11) is 2.36. The minimum absolute atomic E-state index is 0.221. The van der Waals surface area contributed by atoms with Crippen LogP contribution in [0, 0.1) is 17.8 Å². The Labute approximate surface area is 153 Å². The Morgan fingerprint density at radius 2 is 1.73 bits per heavy atom. The van der Waals surface area contributed by atoms with Crippen LogP contribution in [0.25, 0.3) is 0 Å². The van der Waals surface area contributed by atoms with E-state index < -0.39 is 53.7 Å².